The summed E-state index contributed by atoms with van der Waals surface area (Å²) in [7, 11) is -4.36. The summed E-state index contributed by atoms with van der Waals surface area (Å²) in [5.74, 6) is -2.56. The van der Waals surface area contributed by atoms with E-state index in [0.717, 1.165) is 41.0 Å². The lowest BCUT2D eigenvalue weighted by Gasteiger charge is -2.14. The second kappa shape index (κ2) is 9.32. The number of hydrogen-bond donors (Lipinski definition) is 2. The molecule has 7 nitrogen and oxygen atoms in total. The van der Waals surface area contributed by atoms with Crippen LogP contribution in [-0.4, -0.2) is 24.0 Å². The number of amides is 1. The summed E-state index contributed by atoms with van der Waals surface area (Å²) in [6, 6.07) is 21.0. The Balaban J connectivity index is 1.66. The topological polar surface area (TPSA) is 105 Å². The molecule has 9 heteroatoms. The highest BCUT2D eigenvalue weighted by atomic mass is 32.2. The molecule has 0 aliphatic heterocycles. The molecule has 0 unspecified atom stereocenters. The van der Waals surface area contributed by atoms with Crippen LogP contribution in [0.25, 0.3) is 11.1 Å². The number of rotatable bonds is 6. The first-order valence-electron chi connectivity index (χ1n) is 10.1. The Morgan fingerprint density at radius 2 is 1.56 bits per heavy atom. The third-order valence-electron chi connectivity index (χ3n) is 5.11. The lowest BCUT2D eigenvalue weighted by molar-refractivity contribution is 0.0979. The number of nitrogens with zero attached hydrogens (tertiary/aromatic N) is 1. The fraction of sp³-hybridized carbons (Fsp3) is 0.0400. The Morgan fingerprint density at radius 1 is 0.912 bits per heavy atom. The number of pyridine rings is 1. The Hall–Kier alpha value is -4.24. The molecule has 1 heterocycles. The van der Waals surface area contributed by atoms with Gasteiger partial charge < -0.3 is 9.67 Å². The second-order valence-electron chi connectivity index (χ2n) is 7.47. The molecule has 34 heavy (non-hydrogen) atoms. The van der Waals surface area contributed by atoms with E-state index >= 15 is 0 Å². The number of aromatic hydroxyl groups is 1. The van der Waals surface area contributed by atoms with Crippen LogP contribution in [0.5, 0.6) is 5.75 Å². The standard InChI is InChI=1S/C25H19FN2O5S/c26-19-10-12-20(13-11-19)34(32,33)27-25(31)22-15-28(16-23(29)24(22)30)14-18-8-4-5-9-21(18)17-6-2-1-3-7-17/h1-13,15-16,29H,14H2,(H,27,31). The summed E-state index contributed by atoms with van der Waals surface area (Å²) in [5, 5.41) is 10.1. The maximum absolute atomic E-state index is 13.1. The molecule has 0 bridgehead atoms. The summed E-state index contributed by atoms with van der Waals surface area (Å²) >= 11 is 0. The molecule has 172 valence electrons. The molecule has 0 fully saturated rings. The van der Waals surface area contributed by atoms with E-state index in [4.69, 9.17) is 0 Å². The van der Waals surface area contributed by atoms with Gasteiger partial charge in [-0.1, -0.05) is 54.6 Å². The number of aromatic nitrogens is 1. The first-order chi connectivity index (χ1) is 16.2. The maximum Gasteiger partial charge on any atom is 0.270 e. The van der Waals surface area contributed by atoms with Gasteiger partial charge in [-0.05, 0) is 41.0 Å². The minimum Gasteiger partial charge on any atom is -0.503 e. The zero-order chi connectivity index (χ0) is 24.3. The lowest BCUT2D eigenvalue weighted by Crippen LogP contribution is -2.34. The van der Waals surface area contributed by atoms with Crippen molar-refractivity contribution in [1.82, 2.24) is 9.29 Å². The summed E-state index contributed by atoms with van der Waals surface area (Å²) in [5.41, 5.74) is 1.17. The van der Waals surface area contributed by atoms with E-state index in [2.05, 4.69) is 0 Å². The normalized spacial score (nSPS) is 11.2. The highest BCUT2D eigenvalue weighted by Gasteiger charge is 2.22. The van der Waals surface area contributed by atoms with Gasteiger partial charge in [0.1, 0.15) is 11.4 Å². The van der Waals surface area contributed by atoms with Crippen LogP contribution in [-0.2, 0) is 16.6 Å². The van der Waals surface area contributed by atoms with Crippen LogP contribution in [0.4, 0.5) is 4.39 Å². The molecule has 3 aromatic carbocycles. The zero-order valence-electron chi connectivity index (χ0n) is 17.7. The molecule has 4 rings (SSSR count). The quantitative estimate of drug-likeness (QED) is 0.441. The van der Waals surface area contributed by atoms with Crippen molar-refractivity contribution >= 4 is 15.9 Å². The molecule has 0 atom stereocenters. The summed E-state index contributed by atoms with van der Waals surface area (Å²) in [4.78, 5) is 24.7. The van der Waals surface area contributed by atoms with E-state index in [1.165, 1.54) is 17.0 Å². The molecule has 0 saturated heterocycles. The van der Waals surface area contributed by atoms with Crippen molar-refractivity contribution in [3.8, 4) is 16.9 Å². The Labute approximate surface area is 194 Å². The van der Waals surface area contributed by atoms with Crippen molar-refractivity contribution in [2.24, 2.45) is 0 Å². The van der Waals surface area contributed by atoms with Gasteiger partial charge >= 0.3 is 0 Å². The van der Waals surface area contributed by atoms with Crippen molar-refractivity contribution in [2.75, 3.05) is 0 Å². The highest BCUT2D eigenvalue weighted by Crippen LogP contribution is 2.24. The van der Waals surface area contributed by atoms with Gasteiger partial charge in [-0.2, -0.15) is 0 Å². The van der Waals surface area contributed by atoms with E-state index in [1.54, 1.807) is 4.72 Å². The fourth-order valence-corrected chi connectivity index (χ4v) is 4.44. The van der Waals surface area contributed by atoms with E-state index in [0.29, 0.717) is 0 Å². The minimum absolute atomic E-state index is 0.198. The Bertz CT molecular complexity index is 1520. The lowest BCUT2D eigenvalue weighted by atomic mass is 9.99. The fourth-order valence-electron chi connectivity index (χ4n) is 3.47. The van der Waals surface area contributed by atoms with Gasteiger partial charge in [-0.25, -0.2) is 17.5 Å². The van der Waals surface area contributed by atoms with Crippen LogP contribution < -0.4 is 10.2 Å². The minimum atomic E-state index is -4.36. The first-order valence-corrected chi connectivity index (χ1v) is 11.6. The molecule has 0 aliphatic carbocycles. The van der Waals surface area contributed by atoms with Gasteiger partial charge in [0.2, 0.25) is 5.43 Å². The van der Waals surface area contributed by atoms with Crippen molar-refractivity contribution in [1.29, 1.82) is 0 Å². The number of benzene rings is 3. The first kappa shape index (κ1) is 22.9. The van der Waals surface area contributed by atoms with Gasteiger partial charge in [-0.3, -0.25) is 9.59 Å². The highest BCUT2D eigenvalue weighted by molar-refractivity contribution is 7.90. The molecular formula is C25H19FN2O5S. The predicted octanol–water partition coefficient (Wildman–Crippen LogP) is 3.53. The van der Waals surface area contributed by atoms with Gasteiger partial charge in [0, 0.05) is 12.7 Å². The molecular weight excluding hydrogens is 459 g/mol. The average Bonchev–Trinajstić information content (AvgIpc) is 2.82. The summed E-state index contributed by atoms with van der Waals surface area (Å²) < 4.78 is 41.3. The monoisotopic (exact) mass is 478 g/mol. The van der Waals surface area contributed by atoms with Gasteiger partial charge in [0.25, 0.3) is 15.9 Å². The molecule has 1 aromatic heterocycles. The number of halogens is 1. The van der Waals surface area contributed by atoms with E-state index in [-0.39, 0.29) is 11.4 Å². The predicted molar refractivity (Wildman–Crippen MR) is 124 cm³/mol. The van der Waals surface area contributed by atoms with E-state index < -0.39 is 38.5 Å². The van der Waals surface area contributed by atoms with Crippen molar-refractivity contribution in [3.05, 3.63) is 118 Å². The number of carbonyl (C=O) groups excluding carboxylic acids is 1. The summed E-state index contributed by atoms with van der Waals surface area (Å²) in [6.07, 6.45) is 2.36. The number of hydrogen-bond acceptors (Lipinski definition) is 5. The van der Waals surface area contributed by atoms with Crippen LogP contribution >= 0.6 is 0 Å². The Morgan fingerprint density at radius 3 is 2.26 bits per heavy atom. The molecule has 4 aromatic rings. The van der Waals surface area contributed by atoms with Crippen LogP contribution in [0.2, 0.25) is 0 Å². The van der Waals surface area contributed by atoms with Gasteiger partial charge in [-0.15, -0.1) is 0 Å². The van der Waals surface area contributed by atoms with Crippen LogP contribution in [0.1, 0.15) is 15.9 Å². The summed E-state index contributed by atoms with van der Waals surface area (Å²) in [6.45, 7) is 0.198. The van der Waals surface area contributed by atoms with Crippen LogP contribution in [0, 0.1) is 5.82 Å². The third kappa shape index (κ3) is 4.89. The molecule has 0 radical (unpaired) electrons. The number of sulfonamides is 1. The van der Waals surface area contributed by atoms with E-state index in [1.807, 2.05) is 54.6 Å². The molecule has 2 N–H and O–H groups in total. The van der Waals surface area contributed by atoms with Crippen molar-refractivity contribution < 1.29 is 22.7 Å². The molecule has 0 aliphatic rings. The number of carbonyl (C=O) groups is 1. The molecule has 0 saturated carbocycles. The molecule has 0 spiro atoms. The zero-order valence-corrected chi connectivity index (χ0v) is 18.5. The van der Waals surface area contributed by atoms with Crippen molar-refractivity contribution in [2.45, 2.75) is 11.4 Å². The maximum atomic E-state index is 13.1. The van der Waals surface area contributed by atoms with Gasteiger partial charge in [0.05, 0.1) is 11.1 Å². The molecule has 1 amide bonds. The van der Waals surface area contributed by atoms with Crippen LogP contribution in [0.15, 0.2) is 101 Å². The Kier molecular flexibility index (Phi) is 6.29. The van der Waals surface area contributed by atoms with Crippen molar-refractivity contribution in [3.63, 3.8) is 0 Å². The van der Waals surface area contributed by atoms with E-state index in [9.17, 15) is 27.5 Å². The SMILES string of the molecule is O=C(NS(=O)(=O)c1ccc(F)cc1)c1cn(Cc2ccccc2-c2ccccc2)cc(O)c1=O. The smallest absolute Gasteiger partial charge is 0.270 e. The van der Waals surface area contributed by atoms with Crippen LogP contribution in [0.3, 0.4) is 0 Å². The largest absolute Gasteiger partial charge is 0.503 e. The van der Waals surface area contributed by atoms with Gasteiger partial charge in [0.15, 0.2) is 5.75 Å². The number of nitrogens with one attached hydrogen (secondary N) is 1. The average molecular weight is 479 g/mol. The second-order valence-corrected chi connectivity index (χ2v) is 9.15. The third-order valence-corrected chi connectivity index (χ3v) is 6.46.